The van der Waals surface area contributed by atoms with Crippen LogP contribution in [-0.2, 0) is 11.3 Å². The number of benzene rings is 2. The summed E-state index contributed by atoms with van der Waals surface area (Å²) in [4.78, 5) is 29.9. The van der Waals surface area contributed by atoms with Gasteiger partial charge in [-0.25, -0.2) is 0 Å². The molecule has 0 unspecified atom stereocenters. The zero-order chi connectivity index (χ0) is 14.8. The van der Waals surface area contributed by atoms with Crippen LogP contribution in [-0.4, -0.2) is 23.0 Å². The smallest absolute Gasteiger partial charge is 0.266 e. The van der Waals surface area contributed by atoms with E-state index in [1.54, 1.807) is 24.3 Å². The van der Waals surface area contributed by atoms with Crippen LogP contribution in [0.25, 0.3) is 0 Å². The summed E-state index contributed by atoms with van der Waals surface area (Å²) in [6, 6.07) is 16.6. The molecule has 1 heterocycles. The SMILES string of the molecule is C[C@@H](Cc1ccccc1)ON1C(=O)c2ccccc2C1=O. The van der Waals surface area contributed by atoms with E-state index in [0.29, 0.717) is 17.5 Å². The van der Waals surface area contributed by atoms with Crippen LogP contribution in [0.5, 0.6) is 0 Å². The molecular formula is C17H15NO3. The summed E-state index contributed by atoms with van der Waals surface area (Å²) < 4.78 is 0. The van der Waals surface area contributed by atoms with Crippen LogP contribution < -0.4 is 0 Å². The fourth-order valence-electron chi connectivity index (χ4n) is 2.43. The second kappa shape index (κ2) is 5.50. The highest BCUT2D eigenvalue weighted by molar-refractivity contribution is 6.20. The molecule has 2 aromatic carbocycles. The van der Waals surface area contributed by atoms with Crippen LogP contribution in [0.15, 0.2) is 54.6 Å². The lowest BCUT2D eigenvalue weighted by Crippen LogP contribution is -2.34. The summed E-state index contributed by atoms with van der Waals surface area (Å²) >= 11 is 0. The molecule has 0 fully saturated rings. The van der Waals surface area contributed by atoms with Gasteiger partial charge in [-0.15, -0.1) is 5.06 Å². The van der Waals surface area contributed by atoms with Gasteiger partial charge in [0.1, 0.15) is 0 Å². The summed E-state index contributed by atoms with van der Waals surface area (Å²) in [5.74, 6) is -0.786. The Labute approximate surface area is 122 Å². The van der Waals surface area contributed by atoms with Gasteiger partial charge in [-0.2, -0.15) is 0 Å². The molecule has 2 aromatic rings. The Balaban J connectivity index is 1.72. The number of hydrogen-bond acceptors (Lipinski definition) is 3. The maximum absolute atomic E-state index is 12.2. The Hall–Kier alpha value is -2.46. The molecule has 0 spiro atoms. The third-order valence-corrected chi connectivity index (χ3v) is 3.41. The summed E-state index contributed by atoms with van der Waals surface area (Å²) in [7, 11) is 0. The van der Waals surface area contributed by atoms with Crippen LogP contribution in [0.4, 0.5) is 0 Å². The largest absolute Gasteiger partial charge is 0.285 e. The average molecular weight is 281 g/mol. The maximum atomic E-state index is 12.2. The van der Waals surface area contributed by atoms with Crippen LogP contribution in [0.3, 0.4) is 0 Å². The van der Waals surface area contributed by atoms with E-state index in [1.807, 2.05) is 37.3 Å². The van der Waals surface area contributed by atoms with Gasteiger partial charge in [-0.3, -0.25) is 14.4 Å². The lowest BCUT2D eigenvalue weighted by Gasteiger charge is -2.19. The highest BCUT2D eigenvalue weighted by atomic mass is 16.7. The van der Waals surface area contributed by atoms with Gasteiger partial charge in [0.2, 0.25) is 0 Å². The van der Waals surface area contributed by atoms with Gasteiger partial charge < -0.3 is 0 Å². The zero-order valence-corrected chi connectivity index (χ0v) is 11.7. The van der Waals surface area contributed by atoms with E-state index in [0.717, 1.165) is 10.6 Å². The van der Waals surface area contributed by atoms with E-state index in [4.69, 9.17) is 4.84 Å². The summed E-state index contributed by atoms with van der Waals surface area (Å²) in [5, 5.41) is 0.873. The Morgan fingerprint density at radius 3 is 2.00 bits per heavy atom. The first-order valence-electron chi connectivity index (χ1n) is 6.85. The monoisotopic (exact) mass is 281 g/mol. The van der Waals surface area contributed by atoms with Crippen molar-refractivity contribution in [2.45, 2.75) is 19.4 Å². The van der Waals surface area contributed by atoms with Crippen molar-refractivity contribution in [1.29, 1.82) is 0 Å². The number of fused-ring (bicyclic) bond motifs is 1. The van der Waals surface area contributed by atoms with Gasteiger partial charge >= 0.3 is 0 Å². The van der Waals surface area contributed by atoms with E-state index in [9.17, 15) is 9.59 Å². The highest BCUT2D eigenvalue weighted by Gasteiger charge is 2.37. The van der Waals surface area contributed by atoms with Crippen molar-refractivity contribution in [1.82, 2.24) is 5.06 Å². The predicted molar refractivity (Wildman–Crippen MR) is 77.6 cm³/mol. The van der Waals surface area contributed by atoms with Crippen molar-refractivity contribution in [3.8, 4) is 0 Å². The van der Waals surface area contributed by atoms with Crippen molar-refractivity contribution < 1.29 is 14.4 Å². The van der Waals surface area contributed by atoms with Crippen LogP contribution >= 0.6 is 0 Å². The fraction of sp³-hybridized carbons (Fsp3) is 0.176. The molecule has 1 aliphatic rings. The van der Waals surface area contributed by atoms with E-state index in [2.05, 4.69) is 0 Å². The molecule has 0 radical (unpaired) electrons. The second-order valence-corrected chi connectivity index (χ2v) is 5.06. The zero-order valence-electron chi connectivity index (χ0n) is 11.7. The number of nitrogens with zero attached hydrogens (tertiary/aromatic N) is 1. The first-order valence-corrected chi connectivity index (χ1v) is 6.85. The lowest BCUT2D eigenvalue weighted by atomic mass is 10.1. The predicted octanol–water partition coefficient (Wildman–Crippen LogP) is 2.85. The summed E-state index contributed by atoms with van der Waals surface area (Å²) in [6.45, 7) is 1.84. The van der Waals surface area contributed by atoms with Gasteiger partial charge in [-0.05, 0) is 24.6 Å². The van der Waals surface area contributed by atoms with Gasteiger partial charge in [0.25, 0.3) is 11.8 Å². The minimum atomic E-state index is -0.393. The molecule has 0 saturated carbocycles. The molecule has 21 heavy (non-hydrogen) atoms. The molecule has 1 aliphatic heterocycles. The average Bonchev–Trinajstić information content (AvgIpc) is 2.74. The molecule has 2 amide bonds. The van der Waals surface area contributed by atoms with E-state index in [1.165, 1.54) is 0 Å². The van der Waals surface area contributed by atoms with Crippen LogP contribution in [0.1, 0.15) is 33.2 Å². The second-order valence-electron chi connectivity index (χ2n) is 5.06. The quantitative estimate of drug-likeness (QED) is 0.810. The van der Waals surface area contributed by atoms with Crippen molar-refractivity contribution in [3.05, 3.63) is 71.3 Å². The number of rotatable bonds is 4. The highest BCUT2D eigenvalue weighted by Crippen LogP contribution is 2.23. The fourth-order valence-corrected chi connectivity index (χ4v) is 2.43. The standard InChI is InChI=1S/C17H15NO3/c1-12(11-13-7-3-2-4-8-13)21-18-16(19)14-9-5-6-10-15(14)17(18)20/h2-10,12H,11H2,1H3/t12-/m0/s1. The molecule has 0 saturated heterocycles. The maximum Gasteiger partial charge on any atom is 0.285 e. The van der Waals surface area contributed by atoms with Gasteiger partial charge in [0.05, 0.1) is 17.2 Å². The number of imide groups is 1. The Kier molecular flexibility index (Phi) is 3.54. The molecule has 0 N–H and O–H groups in total. The molecule has 1 atom stereocenters. The molecule has 106 valence electrons. The third-order valence-electron chi connectivity index (χ3n) is 3.41. The molecule has 0 bridgehead atoms. The van der Waals surface area contributed by atoms with E-state index >= 15 is 0 Å². The summed E-state index contributed by atoms with van der Waals surface area (Å²) in [6.07, 6.45) is 0.364. The van der Waals surface area contributed by atoms with Crippen LogP contribution in [0.2, 0.25) is 0 Å². The number of amides is 2. The minimum Gasteiger partial charge on any atom is -0.266 e. The topological polar surface area (TPSA) is 46.6 Å². The molecule has 4 heteroatoms. The van der Waals surface area contributed by atoms with Crippen molar-refractivity contribution in [2.24, 2.45) is 0 Å². The molecule has 3 rings (SSSR count). The van der Waals surface area contributed by atoms with Crippen molar-refractivity contribution in [3.63, 3.8) is 0 Å². The Morgan fingerprint density at radius 2 is 1.43 bits per heavy atom. The lowest BCUT2D eigenvalue weighted by molar-refractivity contribution is -0.125. The molecule has 0 aliphatic carbocycles. The number of carbonyl (C=O) groups is 2. The number of hydroxylamine groups is 2. The van der Waals surface area contributed by atoms with Gasteiger partial charge in [-0.1, -0.05) is 42.5 Å². The third kappa shape index (κ3) is 2.58. The molecule has 4 nitrogen and oxygen atoms in total. The van der Waals surface area contributed by atoms with Crippen molar-refractivity contribution in [2.75, 3.05) is 0 Å². The Bertz CT molecular complexity index is 646. The molecular weight excluding hydrogens is 266 g/mol. The van der Waals surface area contributed by atoms with E-state index in [-0.39, 0.29) is 6.10 Å². The normalized spacial score (nSPS) is 15.2. The van der Waals surface area contributed by atoms with Gasteiger partial charge in [0.15, 0.2) is 0 Å². The number of hydrogen-bond donors (Lipinski definition) is 0. The first kappa shape index (κ1) is 13.5. The van der Waals surface area contributed by atoms with Crippen molar-refractivity contribution >= 4 is 11.8 Å². The van der Waals surface area contributed by atoms with E-state index < -0.39 is 11.8 Å². The molecule has 0 aromatic heterocycles. The van der Waals surface area contributed by atoms with Gasteiger partial charge in [0, 0.05) is 6.42 Å². The first-order chi connectivity index (χ1) is 10.2. The van der Waals surface area contributed by atoms with Crippen LogP contribution in [0, 0.1) is 0 Å². The Morgan fingerprint density at radius 1 is 0.905 bits per heavy atom. The number of carbonyl (C=O) groups excluding carboxylic acids is 2. The summed E-state index contributed by atoms with van der Waals surface area (Å²) in [5.41, 5.74) is 1.89. The minimum absolute atomic E-state index is 0.269.